The van der Waals surface area contributed by atoms with Crippen molar-refractivity contribution in [3.8, 4) is 39.3 Å². The lowest BCUT2D eigenvalue weighted by molar-refractivity contribution is 0.766. The van der Waals surface area contributed by atoms with Gasteiger partial charge in [-0.2, -0.15) is 4.80 Å². The minimum absolute atomic E-state index is 0.839. The topological polar surface area (TPSA) is 56.5 Å². The van der Waals surface area contributed by atoms with E-state index in [9.17, 15) is 0 Å². The molecule has 0 aliphatic heterocycles. The van der Waals surface area contributed by atoms with Crippen LogP contribution in [0, 0.1) is 0 Å². The molecule has 0 unspecified atom stereocenters. The summed E-state index contributed by atoms with van der Waals surface area (Å²) in [5, 5.41) is 11.6. The second-order valence-corrected chi connectivity index (χ2v) is 10.0. The van der Waals surface area contributed by atoms with Gasteiger partial charge in [0.2, 0.25) is 0 Å². The molecular weight excluding hydrogens is 502 g/mol. The zero-order chi connectivity index (χ0) is 27.2. The fraction of sp³-hybridized carbons (Fsp3) is 0. The Balaban J connectivity index is 1.35. The van der Waals surface area contributed by atoms with Crippen molar-refractivity contribution in [1.82, 2.24) is 25.0 Å². The molecule has 0 fully saturated rings. The summed E-state index contributed by atoms with van der Waals surface area (Å²) in [7, 11) is 0. The van der Waals surface area contributed by atoms with E-state index in [1.807, 2.05) is 72.8 Å². The Morgan fingerprint density at radius 3 is 1.76 bits per heavy atom. The highest BCUT2D eigenvalue weighted by Crippen LogP contribution is 2.36. The molecule has 8 aromatic rings. The van der Waals surface area contributed by atoms with Gasteiger partial charge in [-0.15, -0.1) is 10.2 Å². The molecule has 0 spiro atoms. The van der Waals surface area contributed by atoms with Crippen molar-refractivity contribution in [3.63, 3.8) is 0 Å². The Morgan fingerprint density at radius 2 is 1.05 bits per heavy atom. The highest BCUT2D eigenvalue weighted by atomic mass is 15.5. The van der Waals surface area contributed by atoms with E-state index < -0.39 is 0 Å². The summed E-state index contributed by atoms with van der Waals surface area (Å²) in [6.07, 6.45) is 0. The van der Waals surface area contributed by atoms with E-state index in [4.69, 9.17) is 20.2 Å². The van der Waals surface area contributed by atoms with Crippen LogP contribution in [0.3, 0.4) is 0 Å². The highest BCUT2D eigenvalue weighted by molar-refractivity contribution is 6.11. The van der Waals surface area contributed by atoms with Crippen molar-refractivity contribution in [3.05, 3.63) is 140 Å². The first-order chi connectivity index (χ1) is 20.3. The molecule has 41 heavy (non-hydrogen) atoms. The van der Waals surface area contributed by atoms with Gasteiger partial charge in [0.25, 0.3) is 0 Å². The average Bonchev–Trinajstić information content (AvgIpc) is 3.49. The third kappa shape index (κ3) is 4.12. The first-order valence-electron chi connectivity index (χ1n) is 13.6. The SMILES string of the molecule is c1ccc(-c2ccc3cc(-c4ccc5nn(-c6ccccc6)nc5c4)c4ccc(-c5ccccc5)nc4c3n2)cc1. The number of aromatic nitrogens is 5. The molecule has 8 rings (SSSR count). The van der Waals surface area contributed by atoms with Crippen LogP contribution < -0.4 is 0 Å². The number of para-hydroxylation sites is 1. The van der Waals surface area contributed by atoms with E-state index in [0.717, 1.165) is 72.2 Å². The summed E-state index contributed by atoms with van der Waals surface area (Å²) < 4.78 is 0. The molecule has 5 heteroatoms. The highest BCUT2D eigenvalue weighted by Gasteiger charge is 2.15. The maximum atomic E-state index is 5.21. The maximum Gasteiger partial charge on any atom is 0.114 e. The van der Waals surface area contributed by atoms with Gasteiger partial charge in [0.1, 0.15) is 11.0 Å². The van der Waals surface area contributed by atoms with Crippen LogP contribution in [0.5, 0.6) is 0 Å². The number of pyridine rings is 2. The fourth-order valence-corrected chi connectivity index (χ4v) is 5.40. The number of fused-ring (bicyclic) bond motifs is 4. The quantitative estimate of drug-likeness (QED) is 0.216. The van der Waals surface area contributed by atoms with Crippen LogP contribution >= 0.6 is 0 Å². The molecular formula is C36H23N5. The smallest absolute Gasteiger partial charge is 0.114 e. The number of hydrogen-bond donors (Lipinski definition) is 0. The summed E-state index contributed by atoms with van der Waals surface area (Å²) in [5.74, 6) is 0. The fourth-order valence-electron chi connectivity index (χ4n) is 5.40. The van der Waals surface area contributed by atoms with E-state index >= 15 is 0 Å². The molecule has 0 amide bonds. The molecule has 3 aromatic heterocycles. The lowest BCUT2D eigenvalue weighted by Gasteiger charge is -2.13. The predicted octanol–water partition coefficient (Wildman–Crippen LogP) is 8.52. The zero-order valence-electron chi connectivity index (χ0n) is 22.0. The normalized spacial score (nSPS) is 11.4. The Bertz CT molecular complexity index is 2190. The minimum atomic E-state index is 0.839. The lowest BCUT2D eigenvalue weighted by Crippen LogP contribution is -1.97. The van der Waals surface area contributed by atoms with Crippen LogP contribution in [0.15, 0.2) is 140 Å². The molecule has 0 aliphatic rings. The number of benzene rings is 5. The van der Waals surface area contributed by atoms with Crippen LogP contribution in [0.4, 0.5) is 0 Å². The van der Waals surface area contributed by atoms with Crippen LogP contribution in [0.25, 0.3) is 72.2 Å². The van der Waals surface area contributed by atoms with Crippen molar-refractivity contribution in [1.29, 1.82) is 0 Å². The first kappa shape index (κ1) is 23.2. The number of nitrogens with zero attached hydrogens (tertiary/aromatic N) is 5. The van der Waals surface area contributed by atoms with Crippen molar-refractivity contribution in [2.24, 2.45) is 0 Å². The van der Waals surface area contributed by atoms with E-state index in [1.165, 1.54) is 0 Å². The third-order valence-corrected chi connectivity index (χ3v) is 7.45. The second-order valence-electron chi connectivity index (χ2n) is 10.0. The standard InChI is InChI=1S/C36H23N5/c1-4-10-24(11-5-1)31-19-17-27-22-30(26-16-20-33-34(23-26)40-41(39-33)28-14-8-3-9-15-28)29-18-21-32(25-12-6-2-7-13-25)38-36(29)35(27)37-31/h1-23H. The molecule has 5 aromatic carbocycles. The molecule has 0 radical (unpaired) electrons. The predicted molar refractivity (Wildman–Crippen MR) is 166 cm³/mol. The van der Waals surface area contributed by atoms with Gasteiger partial charge in [-0.05, 0) is 59.7 Å². The van der Waals surface area contributed by atoms with Gasteiger partial charge in [-0.1, -0.05) is 91.0 Å². The molecule has 0 saturated carbocycles. The number of rotatable bonds is 4. The lowest BCUT2D eigenvalue weighted by atomic mass is 9.96. The second kappa shape index (κ2) is 9.50. The Labute approximate surface area is 236 Å². The summed E-state index contributed by atoms with van der Waals surface area (Å²) in [6.45, 7) is 0. The third-order valence-electron chi connectivity index (χ3n) is 7.45. The zero-order valence-corrected chi connectivity index (χ0v) is 22.0. The van der Waals surface area contributed by atoms with Gasteiger partial charge in [0, 0.05) is 21.9 Å². The Kier molecular flexibility index (Phi) is 5.38. The Morgan fingerprint density at radius 1 is 0.439 bits per heavy atom. The van der Waals surface area contributed by atoms with Gasteiger partial charge in [-0.3, -0.25) is 0 Å². The maximum absolute atomic E-state index is 5.21. The van der Waals surface area contributed by atoms with Crippen LogP contribution in [0.2, 0.25) is 0 Å². The van der Waals surface area contributed by atoms with Crippen molar-refractivity contribution in [2.45, 2.75) is 0 Å². The average molecular weight is 526 g/mol. The van der Waals surface area contributed by atoms with E-state index in [-0.39, 0.29) is 0 Å². The molecule has 5 nitrogen and oxygen atoms in total. The largest absolute Gasteiger partial charge is 0.245 e. The summed E-state index contributed by atoms with van der Waals surface area (Å²) in [4.78, 5) is 12.0. The molecule has 3 heterocycles. The molecule has 0 saturated heterocycles. The molecule has 0 atom stereocenters. The van der Waals surface area contributed by atoms with E-state index in [2.05, 4.69) is 66.7 Å². The van der Waals surface area contributed by atoms with Gasteiger partial charge >= 0.3 is 0 Å². The number of hydrogen-bond acceptors (Lipinski definition) is 4. The van der Waals surface area contributed by atoms with Crippen molar-refractivity contribution >= 4 is 32.8 Å². The minimum Gasteiger partial charge on any atom is -0.245 e. The van der Waals surface area contributed by atoms with Crippen molar-refractivity contribution < 1.29 is 0 Å². The van der Waals surface area contributed by atoms with Crippen molar-refractivity contribution in [2.75, 3.05) is 0 Å². The van der Waals surface area contributed by atoms with Crippen LogP contribution in [0.1, 0.15) is 0 Å². The van der Waals surface area contributed by atoms with Gasteiger partial charge in [0.15, 0.2) is 0 Å². The molecule has 0 aliphatic carbocycles. The molecule has 0 N–H and O–H groups in total. The van der Waals surface area contributed by atoms with Gasteiger partial charge < -0.3 is 0 Å². The van der Waals surface area contributed by atoms with Crippen LogP contribution in [-0.4, -0.2) is 25.0 Å². The van der Waals surface area contributed by atoms with Gasteiger partial charge in [-0.25, -0.2) is 9.97 Å². The van der Waals surface area contributed by atoms with E-state index in [0.29, 0.717) is 0 Å². The molecule has 0 bridgehead atoms. The van der Waals surface area contributed by atoms with E-state index in [1.54, 1.807) is 4.80 Å². The summed E-state index contributed by atoms with van der Waals surface area (Å²) >= 11 is 0. The Hall–Kier alpha value is -5.68. The first-order valence-corrected chi connectivity index (χ1v) is 13.6. The van der Waals surface area contributed by atoms with Crippen LogP contribution in [-0.2, 0) is 0 Å². The monoisotopic (exact) mass is 525 g/mol. The summed E-state index contributed by atoms with van der Waals surface area (Å²) in [6, 6.07) is 47.5. The van der Waals surface area contributed by atoms with Gasteiger partial charge in [0.05, 0.1) is 28.1 Å². The summed E-state index contributed by atoms with van der Waals surface area (Å²) in [5.41, 5.74) is 10.5. The molecule has 192 valence electrons.